The molecule has 3 rings (SSSR count). The van der Waals surface area contributed by atoms with Gasteiger partial charge in [-0.25, -0.2) is 0 Å². The Hall–Kier alpha value is -3.65. The monoisotopic (exact) mass is 485 g/mol. The predicted molar refractivity (Wildman–Crippen MR) is 126 cm³/mol. The Kier molecular flexibility index (Phi) is 8.30. The first kappa shape index (κ1) is 26.0. The van der Waals surface area contributed by atoms with E-state index in [1.54, 1.807) is 54.4 Å². The molecule has 1 N–H and O–H groups in total. The fraction of sp³-hybridized carbons (Fsp3) is 0.259. The van der Waals surface area contributed by atoms with Crippen molar-refractivity contribution in [1.82, 2.24) is 4.90 Å². The van der Waals surface area contributed by atoms with Gasteiger partial charge in [-0.05, 0) is 43.8 Å². The van der Waals surface area contributed by atoms with Crippen molar-refractivity contribution in [2.24, 2.45) is 0 Å². The third kappa shape index (κ3) is 7.42. The van der Waals surface area contributed by atoms with Crippen molar-refractivity contribution in [2.45, 2.75) is 25.6 Å². The Morgan fingerprint density at radius 2 is 1.66 bits per heavy atom. The number of aliphatic carboxylic acids is 1. The van der Waals surface area contributed by atoms with Crippen molar-refractivity contribution >= 4 is 11.8 Å². The van der Waals surface area contributed by atoms with Gasteiger partial charge in [0.25, 0.3) is 0 Å². The van der Waals surface area contributed by atoms with Gasteiger partial charge in [-0.1, -0.05) is 54.1 Å². The van der Waals surface area contributed by atoms with Gasteiger partial charge in [0.15, 0.2) is 5.78 Å². The molecule has 184 valence electrons. The molecule has 0 spiro atoms. The second-order valence-corrected chi connectivity index (χ2v) is 8.37. The molecule has 0 aliphatic carbocycles. The third-order valence-electron chi connectivity index (χ3n) is 5.45. The van der Waals surface area contributed by atoms with Crippen molar-refractivity contribution in [1.29, 1.82) is 0 Å². The van der Waals surface area contributed by atoms with E-state index in [0.717, 1.165) is 17.7 Å². The molecule has 8 heteroatoms. The van der Waals surface area contributed by atoms with E-state index in [-0.39, 0.29) is 25.3 Å². The van der Waals surface area contributed by atoms with E-state index in [1.807, 2.05) is 19.1 Å². The topological polar surface area (TPSA) is 66.8 Å². The van der Waals surface area contributed by atoms with Crippen LogP contribution in [0.4, 0.5) is 13.2 Å². The van der Waals surface area contributed by atoms with Crippen LogP contribution in [0.2, 0.25) is 0 Å². The molecule has 3 aromatic carbocycles. The fourth-order valence-corrected chi connectivity index (χ4v) is 3.60. The van der Waals surface area contributed by atoms with Crippen LogP contribution < -0.4 is 4.74 Å². The van der Waals surface area contributed by atoms with Crippen molar-refractivity contribution in [2.75, 3.05) is 20.1 Å². The number of hydrogen-bond acceptors (Lipinski definition) is 4. The zero-order chi connectivity index (χ0) is 25.6. The molecule has 0 heterocycles. The molecule has 0 bridgehead atoms. The minimum Gasteiger partial charge on any atom is -0.486 e. The van der Waals surface area contributed by atoms with Crippen LogP contribution in [0.15, 0.2) is 72.8 Å². The number of halogens is 3. The molecule has 0 saturated heterocycles. The lowest BCUT2D eigenvalue weighted by atomic mass is 10.0. The maximum atomic E-state index is 13.3. The Balaban J connectivity index is 1.87. The first-order valence-corrected chi connectivity index (χ1v) is 11.0. The van der Waals surface area contributed by atoms with Crippen LogP contribution in [0.5, 0.6) is 5.75 Å². The summed E-state index contributed by atoms with van der Waals surface area (Å²) in [7, 11) is 1.61. The van der Waals surface area contributed by atoms with Crippen molar-refractivity contribution < 1.29 is 32.6 Å². The molecular weight excluding hydrogens is 459 g/mol. The number of ether oxygens (including phenoxy) is 1. The third-order valence-corrected chi connectivity index (χ3v) is 5.45. The molecule has 0 fully saturated rings. The summed E-state index contributed by atoms with van der Waals surface area (Å²) in [6, 6.07) is 18.5. The molecule has 0 aliphatic rings. The van der Waals surface area contributed by atoms with Crippen LogP contribution in [-0.2, 0) is 11.0 Å². The Bertz CT molecular complexity index is 1180. The number of carboxylic acids is 1. The van der Waals surface area contributed by atoms with Crippen LogP contribution >= 0.6 is 0 Å². The van der Waals surface area contributed by atoms with Gasteiger partial charge in [-0.2, -0.15) is 13.2 Å². The van der Waals surface area contributed by atoms with Gasteiger partial charge in [-0.15, -0.1) is 0 Å². The number of likely N-dealkylation sites (N-methyl/N-ethyl adjacent to an activating group) is 1. The molecule has 1 unspecified atom stereocenters. The highest BCUT2D eigenvalue weighted by Crippen LogP contribution is 2.33. The fourth-order valence-electron chi connectivity index (χ4n) is 3.60. The number of ketones is 1. The summed E-state index contributed by atoms with van der Waals surface area (Å²) in [5.41, 5.74) is 1.43. The first-order chi connectivity index (χ1) is 16.5. The van der Waals surface area contributed by atoms with Crippen molar-refractivity contribution in [3.63, 3.8) is 0 Å². The highest BCUT2D eigenvalue weighted by Gasteiger charge is 2.31. The molecule has 0 aliphatic heterocycles. The van der Waals surface area contributed by atoms with Gasteiger partial charge in [0.1, 0.15) is 11.9 Å². The second kappa shape index (κ2) is 11.2. The molecule has 35 heavy (non-hydrogen) atoms. The number of benzene rings is 3. The molecular formula is C27H26F3NO4. The van der Waals surface area contributed by atoms with E-state index in [2.05, 4.69) is 0 Å². The zero-order valence-electron chi connectivity index (χ0n) is 19.4. The number of carboxylic acid groups (broad SMARTS) is 1. The van der Waals surface area contributed by atoms with Crippen LogP contribution in [-0.4, -0.2) is 41.9 Å². The summed E-state index contributed by atoms with van der Waals surface area (Å²) in [5.74, 6) is -0.884. The Labute approximate surface area is 201 Å². The lowest BCUT2D eigenvalue weighted by molar-refractivity contribution is -0.138. The summed E-state index contributed by atoms with van der Waals surface area (Å²) < 4.78 is 46.0. The molecule has 1 atom stereocenters. The smallest absolute Gasteiger partial charge is 0.416 e. The molecule has 0 saturated carbocycles. The van der Waals surface area contributed by atoms with E-state index in [1.165, 1.54) is 6.07 Å². The quantitative estimate of drug-likeness (QED) is 0.369. The molecule has 0 amide bonds. The molecule has 0 radical (unpaired) electrons. The Morgan fingerprint density at radius 3 is 2.31 bits per heavy atom. The normalized spacial score (nSPS) is 12.4. The Morgan fingerprint density at radius 1 is 0.971 bits per heavy atom. The number of rotatable bonds is 10. The summed E-state index contributed by atoms with van der Waals surface area (Å²) in [4.78, 5) is 25.4. The zero-order valence-corrected chi connectivity index (χ0v) is 19.4. The van der Waals surface area contributed by atoms with E-state index in [0.29, 0.717) is 22.4 Å². The lowest BCUT2D eigenvalue weighted by Crippen LogP contribution is -2.28. The van der Waals surface area contributed by atoms with Gasteiger partial charge >= 0.3 is 12.1 Å². The van der Waals surface area contributed by atoms with E-state index in [4.69, 9.17) is 9.84 Å². The van der Waals surface area contributed by atoms with Crippen LogP contribution in [0.25, 0.3) is 0 Å². The second-order valence-electron chi connectivity index (χ2n) is 8.37. The van der Waals surface area contributed by atoms with Crippen molar-refractivity contribution in [3.05, 3.63) is 101 Å². The van der Waals surface area contributed by atoms with Crippen LogP contribution in [0.1, 0.15) is 45.1 Å². The molecule has 5 nitrogen and oxygen atoms in total. The summed E-state index contributed by atoms with van der Waals surface area (Å²) in [5, 5.41) is 8.99. The number of aryl methyl sites for hydroxylation is 1. The highest BCUT2D eigenvalue weighted by atomic mass is 19.4. The molecule has 0 aromatic heterocycles. The minimum absolute atomic E-state index is 0.202. The number of carbonyl (C=O) groups excluding carboxylic acids is 1. The number of alkyl halides is 3. The number of hydrogen-bond donors (Lipinski definition) is 1. The first-order valence-electron chi connectivity index (χ1n) is 11.0. The lowest BCUT2D eigenvalue weighted by Gasteiger charge is -2.23. The van der Waals surface area contributed by atoms with E-state index in [9.17, 15) is 22.8 Å². The van der Waals surface area contributed by atoms with Gasteiger partial charge in [0.2, 0.25) is 0 Å². The number of nitrogens with zero attached hydrogens (tertiary/aromatic N) is 1. The average Bonchev–Trinajstić information content (AvgIpc) is 2.81. The van der Waals surface area contributed by atoms with Crippen LogP contribution in [0.3, 0.4) is 0 Å². The van der Waals surface area contributed by atoms with E-state index >= 15 is 0 Å². The van der Waals surface area contributed by atoms with Gasteiger partial charge < -0.3 is 9.84 Å². The van der Waals surface area contributed by atoms with Gasteiger partial charge in [-0.3, -0.25) is 14.5 Å². The van der Waals surface area contributed by atoms with Crippen molar-refractivity contribution in [3.8, 4) is 5.75 Å². The van der Waals surface area contributed by atoms with Gasteiger partial charge in [0.05, 0.1) is 12.1 Å². The minimum atomic E-state index is -4.51. The SMILES string of the molecule is Cc1ccc(C(=O)c2cccc(OC(CCN(C)CC(=O)O)c3cccc(C(F)(F)F)c3)c2)cc1. The summed E-state index contributed by atoms with van der Waals surface area (Å²) >= 11 is 0. The summed E-state index contributed by atoms with van der Waals surface area (Å²) in [6.45, 7) is 1.98. The van der Waals surface area contributed by atoms with E-state index < -0.39 is 23.8 Å². The number of carbonyl (C=O) groups is 2. The molecule has 3 aromatic rings. The predicted octanol–water partition coefficient (Wildman–Crippen LogP) is 5.77. The van der Waals surface area contributed by atoms with Crippen LogP contribution in [0, 0.1) is 6.92 Å². The summed E-state index contributed by atoms with van der Waals surface area (Å²) in [6.07, 6.45) is -5.07. The average molecular weight is 486 g/mol. The largest absolute Gasteiger partial charge is 0.486 e. The maximum Gasteiger partial charge on any atom is 0.416 e. The standard InChI is InChI=1S/C27H26F3NO4/c1-18-9-11-19(12-10-18)26(34)21-6-4-8-23(16-21)35-24(13-14-31(2)17-25(32)33)20-5-3-7-22(15-20)27(28,29)30/h3-12,15-16,24H,13-14,17H2,1-2H3,(H,32,33). The van der Waals surface area contributed by atoms with Gasteiger partial charge in [0, 0.05) is 24.1 Å². The highest BCUT2D eigenvalue weighted by molar-refractivity contribution is 6.09. The maximum absolute atomic E-state index is 13.3.